The number of aliphatic hydroxyl groups excluding tert-OH is 1. The second-order valence-corrected chi connectivity index (χ2v) is 4.45. The van der Waals surface area contributed by atoms with Gasteiger partial charge in [0.2, 0.25) is 0 Å². The van der Waals surface area contributed by atoms with E-state index in [1.54, 1.807) is 24.3 Å². The van der Waals surface area contributed by atoms with Crippen LogP contribution in [0.25, 0.3) is 0 Å². The molecule has 20 heavy (non-hydrogen) atoms. The Morgan fingerprint density at radius 2 is 2.10 bits per heavy atom. The third-order valence-corrected chi connectivity index (χ3v) is 3.26. The summed E-state index contributed by atoms with van der Waals surface area (Å²) in [5, 5.41) is 9.32. The molecule has 1 saturated heterocycles. The van der Waals surface area contributed by atoms with Crippen molar-refractivity contribution in [1.82, 2.24) is 4.90 Å². The maximum Gasteiger partial charge on any atom is 0.338 e. The average molecular weight is 279 g/mol. The van der Waals surface area contributed by atoms with Gasteiger partial charge in [-0.25, -0.2) is 4.79 Å². The van der Waals surface area contributed by atoms with Gasteiger partial charge in [-0.3, -0.25) is 4.79 Å². The van der Waals surface area contributed by atoms with Crippen LogP contribution in [0.1, 0.15) is 20.7 Å². The molecular formula is C14H17NO5. The van der Waals surface area contributed by atoms with Crippen LogP contribution in [0.2, 0.25) is 0 Å². The number of ether oxygens (including phenoxy) is 2. The van der Waals surface area contributed by atoms with E-state index in [0.29, 0.717) is 19.8 Å². The summed E-state index contributed by atoms with van der Waals surface area (Å²) >= 11 is 0. The van der Waals surface area contributed by atoms with Crippen molar-refractivity contribution in [2.45, 2.75) is 6.04 Å². The summed E-state index contributed by atoms with van der Waals surface area (Å²) in [4.78, 5) is 25.8. The van der Waals surface area contributed by atoms with Crippen molar-refractivity contribution in [3.8, 4) is 0 Å². The molecule has 0 saturated carbocycles. The molecule has 2 rings (SSSR count). The lowest BCUT2D eigenvalue weighted by atomic mass is 10.0. The molecule has 1 aromatic carbocycles. The molecule has 1 fully saturated rings. The first-order valence-corrected chi connectivity index (χ1v) is 6.36. The third-order valence-electron chi connectivity index (χ3n) is 3.26. The van der Waals surface area contributed by atoms with Gasteiger partial charge >= 0.3 is 5.97 Å². The molecule has 6 nitrogen and oxygen atoms in total. The molecule has 1 aliphatic rings. The van der Waals surface area contributed by atoms with E-state index in [1.165, 1.54) is 12.0 Å². The number of hydrogen-bond acceptors (Lipinski definition) is 5. The largest absolute Gasteiger partial charge is 0.465 e. The van der Waals surface area contributed by atoms with Crippen molar-refractivity contribution in [1.29, 1.82) is 0 Å². The molecule has 108 valence electrons. The third kappa shape index (κ3) is 2.81. The van der Waals surface area contributed by atoms with Crippen molar-refractivity contribution in [3.05, 3.63) is 35.4 Å². The van der Waals surface area contributed by atoms with Crippen LogP contribution in [0.5, 0.6) is 0 Å². The van der Waals surface area contributed by atoms with E-state index in [-0.39, 0.29) is 29.7 Å². The molecule has 1 aromatic rings. The van der Waals surface area contributed by atoms with E-state index in [1.807, 2.05) is 0 Å². The maximum atomic E-state index is 12.6. The summed E-state index contributed by atoms with van der Waals surface area (Å²) in [5.74, 6) is -0.851. The summed E-state index contributed by atoms with van der Waals surface area (Å²) in [6, 6.07) is 6.10. The Morgan fingerprint density at radius 1 is 1.40 bits per heavy atom. The van der Waals surface area contributed by atoms with Gasteiger partial charge < -0.3 is 19.5 Å². The van der Waals surface area contributed by atoms with Crippen LogP contribution in [0.4, 0.5) is 0 Å². The number of amides is 1. The van der Waals surface area contributed by atoms with E-state index in [4.69, 9.17) is 4.74 Å². The fraction of sp³-hybridized carbons (Fsp3) is 0.429. The monoisotopic (exact) mass is 279 g/mol. The van der Waals surface area contributed by atoms with Crippen LogP contribution in [-0.2, 0) is 9.47 Å². The molecule has 1 amide bonds. The molecule has 0 bridgehead atoms. The first-order chi connectivity index (χ1) is 9.69. The van der Waals surface area contributed by atoms with Crippen LogP contribution in [-0.4, -0.2) is 61.4 Å². The lowest BCUT2D eigenvalue weighted by molar-refractivity contribution is -0.0184. The number of aliphatic hydroxyl groups is 1. The van der Waals surface area contributed by atoms with Gasteiger partial charge in [-0.2, -0.15) is 0 Å². The fourth-order valence-electron chi connectivity index (χ4n) is 2.19. The number of benzene rings is 1. The molecule has 0 aromatic heterocycles. The van der Waals surface area contributed by atoms with Crippen molar-refractivity contribution < 1.29 is 24.2 Å². The topological polar surface area (TPSA) is 76.1 Å². The highest BCUT2D eigenvalue weighted by molar-refractivity contribution is 6.05. The Labute approximate surface area is 116 Å². The van der Waals surface area contributed by atoms with Crippen molar-refractivity contribution >= 4 is 11.9 Å². The smallest absolute Gasteiger partial charge is 0.338 e. The predicted octanol–water partition coefficient (Wildman–Crippen LogP) is 0.306. The number of carbonyl (C=O) groups is 2. The molecule has 1 aliphatic heterocycles. The van der Waals surface area contributed by atoms with E-state index in [2.05, 4.69) is 4.74 Å². The normalized spacial score (nSPS) is 18.7. The number of rotatable bonds is 3. The van der Waals surface area contributed by atoms with Crippen molar-refractivity contribution in [2.75, 3.05) is 33.5 Å². The first-order valence-electron chi connectivity index (χ1n) is 6.36. The minimum atomic E-state index is -0.553. The Balaban J connectivity index is 2.30. The standard InChI is InChI=1S/C14H17NO5/c1-19-14(18)12-5-3-2-4-11(12)13(17)15-6-7-20-9-10(15)8-16/h2-5,10,16H,6-9H2,1H3/t10-/m1/s1. The van der Waals surface area contributed by atoms with Crippen LogP contribution in [0.3, 0.4) is 0 Å². The minimum absolute atomic E-state index is 0.174. The number of carbonyl (C=O) groups excluding carboxylic acids is 2. The number of methoxy groups -OCH3 is 1. The van der Waals surface area contributed by atoms with Gasteiger partial charge in [-0.05, 0) is 12.1 Å². The first kappa shape index (κ1) is 14.5. The summed E-state index contributed by atoms with van der Waals surface area (Å²) < 4.78 is 9.93. The van der Waals surface area contributed by atoms with E-state index in [0.717, 1.165) is 0 Å². The van der Waals surface area contributed by atoms with Crippen LogP contribution < -0.4 is 0 Å². The lowest BCUT2D eigenvalue weighted by Gasteiger charge is -2.34. The Bertz CT molecular complexity index is 502. The van der Waals surface area contributed by atoms with Crippen molar-refractivity contribution in [2.24, 2.45) is 0 Å². The van der Waals surface area contributed by atoms with Crippen LogP contribution in [0.15, 0.2) is 24.3 Å². The summed E-state index contributed by atoms with van der Waals surface area (Å²) in [5.41, 5.74) is 0.503. The van der Waals surface area contributed by atoms with Gasteiger partial charge in [0.05, 0.1) is 44.1 Å². The van der Waals surface area contributed by atoms with Gasteiger partial charge in [0.15, 0.2) is 0 Å². The Kier molecular flexibility index (Phi) is 4.70. The van der Waals surface area contributed by atoms with Gasteiger partial charge in [-0.15, -0.1) is 0 Å². The number of hydrogen-bond donors (Lipinski definition) is 1. The highest BCUT2D eigenvalue weighted by Crippen LogP contribution is 2.16. The minimum Gasteiger partial charge on any atom is -0.465 e. The van der Waals surface area contributed by atoms with E-state index >= 15 is 0 Å². The Morgan fingerprint density at radius 3 is 2.75 bits per heavy atom. The number of morpholine rings is 1. The summed E-state index contributed by atoms with van der Waals surface area (Å²) in [7, 11) is 1.27. The quantitative estimate of drug-likeness (QED) is 0.806. The summed E-state index contributed by atoms with van der Waals surface area (Å²) in [6.45, 7) is 0.928. The highest BCUT2D eigenvalue weighted by Gasteiger charge is 2.29. The molecule has 0 aliphatic carbocycles. The zero-order valence-corrected chi connectivity index (χ0v) is 11.2. The highest BCUT2D eigenvalue weighted by atomic mass is 16.5. The molecule has 1 heterocycles. The average Bonchev–Trinajstić information content (AvgIpc) is 2.53. The second-order valence-electron chi connectivity index (χ2n) is 4.45. The molecule has 0 radical (unpaired) electrons. The maximum absolute atomic E-state index is 12.6. The molecular weight excluding hydrogens is 262 g/mol. The lowest BCUT2D eigenvalue weighted by Crippen LogP contribution is -2.50. The van der Waals surface area contributed by atoms with Gasteiger partial charge in [-0.1, -0.05) is 12.1 Å². The van der Waals surface area contributed by atoms with E-state index < -0.39 is 5.97 Å². The number of esters is 1. The van der Waals surface area contributed by atoms with Gasteiger partial charge in [0.1, 0.15) is 0 Å². The predicted molar refractivity (Wildman–Crippen MR) is 70.5 cm³/mol. The van der Waals surface area contributed by atoms with Crippen LogP contribution >= 0.6 is 0 Å². The molecule has 0 spiro atoms. The van der Waals surface area contributed by atoms with Crippen molar-refractivity contribution in [3.63, 3.8) is 0 Å². The van der Waals surface area contributed by atoms with Gasteiger partial charge in [0, 0.05) is 6.54 Å². The fourth-order valence-corrected chi connectivity index (χ4v) is 2.19. The zero-order valence-electron chi connectivity index (χ0n) is 11.2. The Hall–Kier alpha value is -1.92. The molecule has 1 N–H and O–H groups in total. The zero-order chi connectivity index (χ0) is 14.5. The summed E-state index contributed by atoms with van der Waals surface area (Å²) in [6.07, 6.45) is 0. The van der Waals surface area contributed by atoms with Crippen LogP contribution in [0, 0.1) is 0 Å². The SMILES string of the molecule is COC(=O)c1ccccc1C(=O)N1CCOC[C@H]1CO. The van der Waals surface area contributed by atoms with E-state index in [9.17, 15) is 14.7 Å². The van der Waals surface area contributed by atoms with Gasteiger partial charge in [0.25, 0.3) is 5.91 Å². The molecule has 6 heteroatoms. The second kappa shape index (κ2) is 6.49. The molecule has 1 atom stereocenters. The number of nitrogens with zero attached hydrogens (tertiary/aromatic N) is 1. The molecule has 0 unspecified atom stereocenters.